The molecule has 0 spiro atoms. The highest BCUT2D eigenvalue weighted by atomic mass is 16.3. The molecule has 0 aromatic heterocycles. The largest absolute Gasteiger partial charge is 0.150 e. The highest BCUT2D eigenvalue weighted by molar-refractivity contribution is 4.75. The molecule has 0 radical (unpaired) electrons. The molecule has 0 aliphatic carbocycles. The van der Waals surface area contributed by atoms with Gasteiger partial charge in [-0.1, -0.05) is 121 Å². The third-order valence-electron chi connectivity index (χ3n) is 5.14. The van der Waals surface area contributed by atoms with E-state index in [1.165, 1.54) is 103 Å². The van der Waals surface area contributed by atoms with Crippen LogP contribution in [0.15, 0.2) is 5.18 Å². The van der Waals surface area contributed by atoms with E-state index >= 15 is 0 Å². The predicted octanol–water partition coefficient (Wildman–Crippen LogP) is 8.57. The lowest BCUT2D eigenvalue weighted by Gasteiger charge is -2.14. The maximum absolute atomic E-state index is 10.6. The minimum atomic E-state index is -0.352. The Morgan fingerprint density at radius 1 is 0.542 bits per heavy atom. The van der Waals surface area contributed by atoms with E-state index in [4.69, 9.17) is 0 Å². The Morgan fingerprint density at radius 3 is 1.12 bits per heavy atom. The van der Waals surface area contributed by atoms with Crippen LogP contribution in [0, 0.1) is 4.91 Å². The average molecular weight is 340 g/mol. The average Bonchev–Trinajstić information content (AvgIpc) is 2.57. The topological polar surface area (TPSA) is 29.4 Å². The summed E-state index contributed by atoms with van der Waals surface area (Å²) in [5, 5.41) is 3.18. The van der Waals surface area contributed by atoms with Gasteiger partial charge < -0.3 is 0 Å². The van der Waals surface area contributed by atoms with Gasteiger partial charge in [-0.05, 0) is 20.3 Å². The van der Waals surface area contributed by atoms with Gasteiger partial charge in [0.1, 0.15) is 0 Å². The Hall–Kier alpha value is -0.400. The highest BCUT2D eigenvalue weighted by Crippen LogP contribution is 2.19. The summed E-state index contributed by atoms with van der Waals surface area (Å²) in [5.41, 5.74) is -0.352. The van der Waals surface area contributed by atoms with Crippen molar-refractivity contribution in [1.82, 2.24) is 0 Å². The van der Waals surface area contributed by atoms with Gasteiger partial charge in [0.05, 0.1) is 5.54 Å². The summed E-state index contributed by atoms with van der Waals surface area (Å²) in [6.45, 7) is 6.16. The first-order chi connectivity index (χ1) is 11.6. The van der Waals surface area contributed by atoms with Crippen LogP contribution in [0.4, 0.5) is 0 Å². The van der Waals surface area contributed by atoms with E-state index in [0.717, 1.165) is 12.8 Å². The molecule has 0 aliphatic heterocycles. The lowest BCUT2D eigenvalue weighted by Crippen LogP contribution is -2.14. The van der Waals surface area contributed by atoms with Gasteiger partial charge in [-0.25, -0.2) is 0 Å². The quantitative estimate of drug-likeness (QED) is 0.171. The van der Waals surface area contributed by atoms with E-state index in [1.54, 1.807) is 0 Å². The number of hydrogen-bond donors (Lipinski definition) is 0. The molecule has 0 rings (SSSR count). The predicted molar refractivity (Wildman–Crippen MR) is 109 cm³/mol. The van der Waals surface area contributed by atoms with Crippen LogP contribution in [-0.2, 0) is 0 Å². The van der Waals surface area contributed by atoms with Gasteiger partial charge in [-0.15, -0.1) is 0 Å². The van der Waals surface area contributed by atoms with Gasteiger partial charge in [0, 0.05) is 0 Å². The van der Waals surface area contributed by atoms with Gasteiger partial charge in [-0.2, -0.15) is 4.91 Å². The van der Waals surface area contributed by atoms with Crippen molar-refractivity contribution in [3.05, 3.63) is 4.91 Å². The SMILES string of the molecule is CCCCCCCCCCCCCCCCCCCC(C)(C)N=O. The second kappa shape index (κ2) is 17.4. The second-order valence-electron chi connectivity index (χ2n) is 8.31. The van der Waals surface area contributed by atoms with E-state index in [-0.39, 0.29) is 5.54 Å². The summed E-state index contributed by atoms with van der Waals surface area (Å²) < 4.78 is 0. The zero-order chi connectivity index (χ0) is 17.9. The first-order valence-electron chi connectivity index (χ1n) is 11.0. The molecule has 0 N–H and O–H groups in total. The van der Waals surface area contributed by atoms with Crippen LogP contribution < -0.4 is 0 Å². The monoisotopic (exact) mass is 339 g/mol. The molecular weight excluding hydrogens is 294 g/mol. The molecule has 24 heavy (non-hydrogen) atoms. The first kappa shape index (κ1) is 23.6. The third-order valence-corrected chi connectivity index (χ3v) is 5.14. The number of unbranched alkanes of at least 4 members (excludes halogenated alkanes) is 16. The minimum absolute atomic E-state index is 0.352. The van der Waals surface area contributed by atoms with Crippen molar-refractivity contribution >= 4 is 0 Å². The fraction of sp³-hybridized carbons (Fsp3) is 1.00. The number of nitroso groups, excluding NO2 is 1. The Bertz CT molecular complexity index is 263. The van der Waals surface area contributed by atoms with Crippen molar-refractivity contribution < 1.29 is 0 Å². The first-order valence-corrected chi connectivity index (χ1v) is 11.0. The molecule has 0 heterocycles. The molecule has 0 unspecified atom stereocenters. The van der Waals surface area contributed by atoms with Crippen molar-refractivity contribution in [3.63, 3.8) is 0 Å². The summed E-state index contributed by atoms with van der Waals surface area (Å²) >= 11 is 0. The van der Waals surface area contributed by atoms with Crippen molar-refractivity contribution in [2.45, 2.75) is 142 Å². The van der Waals surface area contributed by atoms with Crippen LogP contribution >= 0.6 is 0 Å². The van der Waals surface area contributed by atoms with E-state index in [1.807, 2.05) is 13.8 Å². The summed E-state index contributed by atoms with van der Waals surface area (Å²) in [5.74, 6) is 0. The van der Waals surface area contributed by atoms with Crippen LogP contribution in [0.1, 0.15) is 136 Å². The standard InChI is InChI=1S/C22H45NO/c1-4-5-6-7-8-9-10-11-12-13-14-15-16-17-18-19-20-21-22(2,3)23-24/h4-21H2,1-3H3. The Morgan fingerprint density at radius 2 is 0.833 bits per heavy atom. The fourth-order valence-electron chi connectivity index (χ4n) is 3.33. The van der Waals surface area contributed by atoms with Gasteiger partial charge in [0.2, 0.25) is 0 Å². The summed E-state index contributed by atoms with van der Waals surface area (Å²) in [6.07, 6.45) is 24.7. The molecule has 0 saturated carbocycles. The molecule has 0 amide bonds. The Labute approximate surface area is 152 Å². The molecule has 0 atom stereocenters. The van der Waals surface area contributed by atoms with E-state index < -0.39 is 0 Å². The second-order valence-corrected chi connectivity index (χ2v) is 8.31. The van der Waals surface area contributed by atoms with Crippen LogP contribution in [0.5, 0.6) is 0 Å². The van der Waals surface area contributed by atoms with Crippen LogP contribution in [-0.4, -0.2) is 5.54 Å². The molecule has 0 aromatic carbocycles. The lowest BCUT2D eigenvalue weighted by atomic mass is 9.97. The van der Waals surface area contributed by atoms with Crippen molar-refractivity contribution in [2.75, 3.05) is 0 Å². The highest BCUT2D eigenvalue weighted by Gasteiger charge is 2.16. The van der Waals surface area contributed by atoms with Gasteiger partial charge >= 0.3 is 0 Å². The molecule has 0 fully saturated rings. The molecule has 144 valence electrons. The van der Waals surface area contributed by atoms with E-state index in [9.17, 15) is 4.91 Å². The normalized spacial score (nSPS) is 11.8. The molecule has 0 aromatic rings. The molecule has 2 heteroatoms. The number of nitrogens with zero attached hydrogens (tertiary/aromatic N) is 1. The third kappa shape index (κ3) is 17.9. The zero-order valence-corrected chi connectivity index (χ0v) is 17.1. The smallest absolute Gasteiger partial charge is 0.0970 e. The Balaban J connectivity index is 3.06. The van der Waals surface area contributed by atoms with Crippen molar-refractivity contribution in [2.24, 2.45) is 5.18 Å². The molecular formula is C22H45NO. The van der Waals surface area contributed by atoms with Gasteiger partial charge in [0.15, 0.2) is 0 Å². The summed E-state index contributed by atoms with van der Waals surface area (Å²) in [7, 11) is 0. The fourth-order valence-corrected chi connectivity index (χ4v) is 3.33. The molecule has 0 saturated heterocycles. The van der Waals surface area contributed by atoms with Crippen LogP contribution in [0.25, 0.3) is 0 Å². The lowest BCUT2D eigenvalue weighted by molar-refractivity contribution is 0.439. The molecule has 2 nitrogen and oxygen atoms in total. The maximum Gasteiger partial charge on any atom is 0.0970 e. The van der Waals surface area contributed by atoms with Gasteiger partial charge in [0.25, 0.3) is 0 Å². The van der Waals surface area contributed by atoms with Crippen molar-refractivity contribution in [1.29, 1.82) is 0 Å². The maximum atomic E-state index is 10.6. The minimum Gasteiger partial charge on any atom is -0.150 e. The van der Waals surface area contributed by atoms with Crippen LogP contribution in [0.2, 0.25) is 0 Å². The number of rotatable bonds is 19. The van der Waals surface area contributed by atoms with Crippen molar-refractivity contribution in [3.8, 4) is 0 Å². The van der Waals surface area contributed by atoms with Gasteiger partial charge in [-0.3, -0.25) is 0 Å². The summed E-state index contributed by atoms with van der Waals surface area (Å²) in [4.78, 5) is 10.6. The van der Waals surface area contributed by atoms with Crippen LogP contribution in [0.3, 0.4) is 0 Å². The summed E-state index contributed by atoms with van der Waals surface area (Å²) in [6, 6.07) is 0. The zero-order valence-electron chi connectivity index (χ0n) is 17.1. The number of hydrogen-bond acceptors (Lipinski definition) is 2. The molecule has 0 aliphatic rings. The Kier molecular flexibility index (Phi) is 17.1. The molecule has 0 bridgehead atoms. The van der Waals surface area contributed by atoms with E-state index in [0.29, 0.717) is 0 Å². The van der Waals surface area contributed by atoms with E-state index in [2.05, 4.69) is 12.1 Å².